The van der Waals surface area contributed by atoms with E-state index < -0.39 is 26.5 Å². The molecule has 24 heavy (non-hydrogen) atoms. The molecule has 0 N–H and O–H groups in total. The first kappa shape index (κ1) is 18.1. The van der Waals surface area contributed by atoms with E-state index in [0.717, 1.165) is 13.0 Å². The lowest BCUT2D eigenvalue weighted by atomic mass is 10.1. The van der Waals surface area contributed by atoms with Gasteiger partial charge in [0, 0.05) is 0 Å². The molecule has 0 fully saturated rings. The predicted molar refractivity (Wildman–Crippen MR) is 85.3 cm³/mol. The van der Waals surface area contributed by atoms with Crippen molar-refractivity contribution in [3.8, 4) is 5.75 Å². The molecule has 0 heterocycles. The third kappa shape index (κ3) is 3.62. The number of benzene rings is 2. The SMILES string of the molecule is COc1cccc(/C(=C(/C)S(=O)(=O)c2ccccc2)C(F)(F)F)c1. The highest BCUT2D eigenvalue weighted by atomic mass is 32.2. The molecular weight excluding hydrogens is 341 g/mol. The van der Waals surface area contributed by atoms with Gasteiger partial charge in [0.25, 0.3) is 0 Å². The van der Waals surface area contributed by atoms with Crippen LogP contribution in [0.15, 0.2) is 64.4 Å². The van der Waals surface area contributed by atoms with Crippen LogP contribution in [0.1, 0.15) is 12.5 Å². The van der Waals surface area contributed by atoms with Crippen LogP contribution in [-0.4, -0.2) is 21.7 Å². The molecule has 0 unspecified atom stereocenters. The molecule has 0 atom stereocenters. The van der Waals surface area contributed by atoms with Gasteiger partial charge in [-0.25, -0.2) is 8.42 Å². The minimum absolute atomic E-state index is 0.188. The van der Waals surface area contributed by atoms with Crippen LogP contribution in [0.4, 0.5) is 13.2 Å². The Morgan fingerprint density at radius 2 is 1.62 bits per heavy atom. The Morgan fingerprint density at radius 3 is 2.17 bits per heavy atom. The van der Waals surface area contributed by atoms with E-state index in [1.807, 2.05) is 0 Å². The van der Waals surface area contributed by atoms with Gasteiger partial charge in [-0.05, 0) is 36.8 Å². The van der Waals surface area contributed by atoms with E-state index in [1.165, 1.54) is 49.6 Å². The summed E-state index contributed by atoms with van der Waals surface area (Å²) in [6.07, 6.45) is -4.84. The summed E-state index contributed by atoms with van der Waals surface area (Å²) in [7, 11) is -2.95. The summed E-state index contributed by atoms with van der Waals surface area (Å²) in [5.41, 5.74) is -1.47. The van der Waals surface area contributed by atoms with Gasteiger partial charge in [-0.1, -0.05) is 30.3 Å². The van der Waals surface area contributed by atoms with Crippen molar-refractivity contribution in [2.75, 3.05) is 7.11 Å². The molecule has 0 saturated heterocycles. The second kappa shape index (κ2) is 6.68. The van der Waals surface area contributed by atoms with Crippen molar-refractivity contribution in [3.05, 3.63) is 65.1 Å². The highest BCUT2D eigenvalue weighted by Crippen LogP contribution is 2.40. The molecule has 0 radical (unpaired) electrons. The molecular formula is C17H15F3O3S. The number of alkyl halides is 3. The van der Waals surface area contributed by atoms with Gasteiger partial charge in [-0.3, -0.25) is 0 Å². The topological polar surface area (TPSA) is 43.4 Å². The Balaban J connectivity index is 2.73. The maximum atomic E-state index is 13.6. The lowest BCUT2D eigenvalue weighted by Crippen LogP contribution is -2.16. The van der Waals surface area contributed by atoms with Crippen LogP contribution in [0.3, 0.4) is 0 Å². The first-order valence-corrected chi connectivity index (χ1v) is 8.39. The van der Waals surface area contributed by atoms with Crippen LogP contribution in [-0.2, 0) is 9.84 Å². The number of sulfone groups is 1. The van der Waals surface area contributed by atoms with E-state index in [-0.39, 0.29) is 16.2 Å². The summed E-state index contributed by atoms with van der Waals surface area (Å²) in [4.78, 5) is -0.943. The van der Waals surface area contributed by atoms with Gasteiger partial charge in [0.1, 0.15) is 5.75 Å². The molecule has 0 saturated carbocycles. The zero-order valence-electron chi connectivity index (χ0n) is 13.0. The van der Waals surface area contributed by atoms with Crippen molar-refractivity contribution in [2.45, 2.75) is 18.0 Å². The molecule has 0 aliphatic heterocycles. The average molecular weight is 356 g/mol. The van der Waals surface area contributed by atoms with Crippen LogP contribution in [0.25, 0.3) is 5.57 Å². The molecule has 0 aromatic heterocycles. The molecule has 0 aliphatic rings. The quantitative estimate of drug-likeness (QED) is 0.812. The average Bonchev–Trinajstić information content (AvgIpc) is 2.54. The Labute approximate surface area is 138 Å². The van der Waals surface area contributed by atoms with Gasteiger partial charge >= 0.3 is 6.18 Å². The third-order valence-corrected chi connectivity index (χ3v) is 5.35. The van der Waals surface area contributed by atoms with E-state index >= 15 is 0 Å². The predicted octanol–water partition coefficient (Wildman–Crippen LogP) is 4.46. The molecule has 3 nitrogen and oxygen atoms in total. The number of hydrogen-bond acceptors (Lipinski definition) is 3. The summed E-state index contributed by atoms with van der Waals surface area (Å²) in [5, 5.41) is 0. The minimum Gasteiger partial charge on any atom is -0.497 e. The fourth-order valence-corrected chi connectivity index (χ4v) is 3.63. The zero-order chi connectivity index (χ0) is 18.0. The van der Waals surface area contributed by atoms with Crippen molar-refractivity contribution in [1.29, 1.82) is 0 Å². The monoisotopic (exact) mass is 356 g/mol. The molecule has 0 bridgehead atoms. The Bertz CT molecular complexity index is 854. The van der Waals surface area contributed by atoms with Gasteiger partial charge in [0.15, 0.2) is 0 Å². The molecule has 0 aliphatic carbocycles. The van der Waals surface area contributed by atoms with Crippen LogP contribution < -0.4 is 4.74 Å². The van der Waals surface area contributed by atoms with Gasteiger partial charge in [-0.15, -0.1) is 0 Å². The van der Waals surface area contributed by atoms with Crippen molar-refractivity contribution in [2.24, 2.45) is 0 Å². The van der Waals surface area contributed by atoms with E-state index in [1.54, 1.807) is 6.07 Å². The van der Waals surface area contributed by atoms with Gasteiger partial charge < -0.3 is 4.74 Å². The summed E-state index contributed by atoms with van der Waals surface area (Å²) >= 11 is 0. The first-order chi connectivity index (χ1) is 11.2. The zero-order valence-corrected chi connectivity index (χ0v) is 13.8. The van der Waals surface area contributed by atoms with E-state index in [9.17, 15) is 21.6 Å². The largest absolute Gasteiger partial charge is 0.497 e. The Kier molecular flexibility index (Phi) is 5.03. The van der Waals surface area contributed by atoms with Crippen molar-refractivity contribution >= 4 is 15.4 Å². The van der Waals surface area contributed by atoms with Crippen LogP contribution >= 0.6 is 0 Å². The van der Waals surface area contributed by atoms with E-state index in [4.69, 9.17) is 4.74 Å². The number of halogens is 3. The van der Waals surface area contributed by atoms with E-state index in [2.05, 4.69) is 0 Å². The molecule has 0 amide bonds. The summed E-state index contributed by atoms with van der Waals surface area (Å²) in [5.74, 6) is 0.208. The number of hydrogen-bond donors (Lipinski definition) is 0. The first-order valence-electron chi connectivity index (χ1n) is 6.90. The van der Waals surface area contributed by atoms with Crippen LogP contribution in [0, 0.1) is 0 Å². The second-order valence-corrected chi connectivity index (χ2v) is 7.07. The lowest BCUT2D eigenvalue weighted by molar-refractivity contribution is -0.0691. The maximum Gasteiger partial charge on any atom is 0.417 e. The van der Waals surface area contributed by atoms with Gasteiger partial charge in [0.2, 0.25) is 9.84 Å². The molecule has 2 rings (SSSR count). The number of allylic oxidation sites excluding steroid dienone is 2. The van der Waals surface area contributed by atoms with Crippen molar-refractivity contribution in [3.63, 3.8) is 0 Å². The standard InChI is InChI=1S/C17H15F3O3S/c1-12(24(21,22)15-9-4-3-5-10-15)16(17(18,19)20)13-7-6-8-14(11-13)23-2/h3-11H,1-2H3/b16-12+. The number of ether oxygens (including phenoxy) is 1. The van der Waals surface area contributed by atoms with Crippen molar-refractivity contribution < 1.29 is 26.3 Å². The highest BCUT2D eigenvalue weighted by molar-refractivity contribution is 7.95. The Hall–Kier alpha value is -2.28. The Morgan fingerprint density at radius 1 is 1.00 bits per heavy atom. The highest BCUT2D eigenvalue weighted by Gasteiger charge is 2.39. The van der Waals surface area contributed by atoms with E-state index in [0.29, 0.717) is 0 Å². The van der Waals surface area contributed by atoms with Crippen LogP contribution in [0.5, 0.6) is 5.75 Å². The normalized spacial score (nSPS) is 13.4. The molecule has 2 aromatic carbocycles. The van der Waals surface area contributed by atoms with Gasteiger partial charge in [0.05, 0.1) is 22.5 Å². The fourth-order valence-electron chi connectivity index (χ4n) is 2.26. The molecule has 7 heteroatoms. The summed E-state index contributed by atoms with van der Waals surface area (Å²) in [6.45, 7) is 0.963. The van der Waals surface area contributed by atoms with Gasteiger partial charge in [-0.2, -0.15) is 13.2 Å². The smallest absolute Gasteiger partial charge is 0.417 e. The second-order valence-electron chi connectivity index (χ2n) is 4.98. The van der Waals surface area contributed by atoms with Crippen LogP contribution in [0.2, 0.25) is 0 Å². The van der Waals surface area contributed by atoms with Crippen molar-refractivity contribution in [1.82, 2.24) is 0 Å². The third-order valence-electron chi connectivity index (χ3n) is 3.45. The minimum atomic E-state index is -4.84. The number of rotatable bonds is 4. The fraction of sp³-hybridized carbons (Fsp3) is 0.176. The molecule has 128 valence electrons. The molecule has 2 aromatic rings. The molecule has 0 spiro atoms. The number of methoxy groups -OCH3 is 1. The summed E-state index contributed by atoms with van der Waals surface area (Å²) in [6, 6.07) is 12.3. The summed E-state index contributed by atoms with van der Waals surface area (Å²) < 4.78 is 70.8. The maximum absolute atomic E-state index is 13.6. The lowest BCUT2D eigenvalue weighted by Gasteiger charge is -2.17.